The molecule has 0 spiro atoms. The van der Waals surface area contributed by atoms with E-state index in [0.717, 1.165) is 6.42 Å². The zero-order chi connectivity index (χ0) is 5.86. The van der Waals surface area contributed by atoms with Crippen LogP contribution in [0.25, 0.3) is 0 Å². The smallest absolute Gasteiger partial charge is 0.109 e. The Balaban J connectivity index is 3.34. The highest BCUT2D eigenvalue weighted by Crippen LogP contribution is 1.97. The standard InChI is InChI=1S/C4H9ClN2/c1-2-3(5)4(6)7/h3H,2H2,1H3,(H3,6,7). The molecule has 0 aromatic heterocycles. The minimum Gasteiger partial charge on any atom is -0.386 e. The van der Waals surface area contributed by atoms with Crippen molar-refractivity contribution >= 4 is 17.4 Å². The van der Waals surface area contributed by atoms with Crippen molar-refractivity contribution in [2.24, 2.45) is 5.73 Å². The van der Waals surface area contributed by atoms with E-state index in [4.69, 9.17) is 22.7 Å². The molecule has 0 bridgehead atoms. The van der Waals surface area contributed by atoms with E-state index >= 15 is 0 Å². The van der Waals surface area contributed by atoms with Gasteiger partial charge in [-0.3, -0.25) is 5.41 Å². The molecular weight excluding hydrogens is 112 g/mol. The molecule has 7 heavy (non-hydrogen) atoms. The molecule has 0 aliphatic heterocycles. The van der Waals surface area contributed by atoms with Crippen LogP contribution in [0.4, 0.5) is 0 Å². The SMILES string of the molecule is CCC(Cl)C(=N)N. The number of hydrogen-bond acceptors (Lipinski definition) is 1. The Labute approximate surface area is 48.2 Å². The number of nitrogens with one attached hydrogen (secondary N) is 1. The Morgan fingerprint density at radius 1 is 2.00 bits per heavy atom. The second-order valence-corrected chi connectivity index (χ2v) is 1.86. The van der Waals surface area contributed by atoms with Crippen LogP contribution in [0.15, 0.2) is 0 Å². The van der Waals surface area contributed by atoms with Gasteiger partial charge < -0.3 is 5.73 Å². The summed E-state index contributed by atoms with van der Waals surface area (Å²) in [6.07, 6.45) is 0.733. The lowest BCUT2D eigenvalue weighted by Gasteiger charge is -1.99. The molecule has 0 amide bonds. The van der Waals surface area contributed by atoms with E-state index < -0.39 is 0 Å². The quantitative estimate of drug-likeness (QED) is 0.318. The first-order chi connectivity index (χ1) is 3.18. The molecule has 0 aromatic carbocycles. The summed E-state index contributed by atoms with van der Waals surface area (Å²) in [5.41, 5.74) is 5.00. The number of hydrogen-bond donors (Lipinski definition) is 2. The molecule has 1 atom stereocenters. The van der Waals surface area contributed by atoms with Crippen molar-refractivity contribution in [1.82, 2.24) is 0 Å². The maximum atomic E-state index is 6.75. The molecule has 0 aliphatic carbocycles. The van der Waals surface area contributed by atoms with Gasteiger partial charge in [0.25, 0.3) is 0 Å². The molecule has 0 aliphatic rings. The largest absolute Gasteiger partial charge is 0.386 e. The van der Waals surface area contributed by atoms with Crippen LogP contribution in [-0.2, 0) is 0 Å². The second-order valence-electron chi connectivity index (χ2n) is 1.33. The van der Waals surface area contributed by atoms with E-state index in [0.29, 0.717) is 0 Å². The van der Waals surface area contributed by atoms with E-state index in [9.17, 15) is 0 Å². The summed E-state index contributed by atoms with van der Waals surface area (Å²) in [4.78, 5) is 0. The van der Waals surface area contributed by atoms with Crippen LogP contribution in [0.3, 0.4) is 0 Å². The van der Waals surface area contributed by atoms with Crippen LogP contribution in [0.1, 0.15) is 13.3 Å². The summed E-state index contributed by atoms with van der Waals surface area (Å²) in [5.74, 6) is 0.0594. The summed E-state index contributed by atoms with van der Waals surface area (Å²) in [6, 6.07) is 0. The van der Waals surface area contributed by atoms with Gasteiger partial charge >= 0.3 is 0 Å². The van der Waals surface area contributed by atoms with Gasteiger partial charge in [0.1, 0.15) is 5.84 Å². The van der Waals surface area contributed by atoms with E-state index in [-0.39, 0.29) is 11.2 Å². The third-order valence-corrected chi connectivity index (χ3v) is 1.24. The molecule has 3 heteroatoms. The van der Waals surface area contributed by atoms with E-state index in [1.807, 2.05) is 6.92 Å². The third kappa shape index (κ3) is 2.45. The molecule has 0 heterocycles. The maximum Gasteiger partial charge on any atom is 0.109 e. The molecule has 0 radical (unpaired) electrons. The Kier molecular flexibility index (Phi) is 2.76. The zero-order valence-electron chi connectivity index (χ0n) is 4.24. The van der Waals surface area contributed by atoms with Crippen LogP contribution in [0.2, 0.25) is 0 Å². The molecule has 0 saturated carbocycles. The number of nitrogens with two attached hydrogens (primary N) is 1. The Morgan fingerprint density at radius 3 is 2.43 bits per heavy atom. The van der Waals surface area contributed by atoms with Crippen molar-refractivity contribution in [3.8, 4) is 0 Å². The van der Waals surface area contributed by atoms with Gasteiger partial charge in [-0.1, -0.05) is 6.92 Å². The molecule has 3 N–H and O–H groups in total. The molecule has 0 rings (SSSR count). The lowest BCUT2D eigenvalue weighted by atomic mass is 10.3. The fourth-order valence-corrected chi connectivity index (χ4v) is 0.220. The van der Waals surface area contributed by atoms with E-state index in [1.54, 1.807) is 0 Å². The highest BCUT2D eigenvalue weighted by molar-refractivity contribution is 6.30. The van der Waals surface area contributed by atoms with Gasteiger partial charge in [0.05, 0.1) is 5.38 Å². The second kappa shape index (κ2) is 2.86. The van der Waals surface area contributed by atoms with Crippen LogP contribution in [0.5, 0.6) is 0 Å². The molecular formula is C4H9ClN2. The summed E-state index contributed by atoms with van der Waals surface area (Å²) in [5, 5.41) is 6.48. The summed E-state index contributed by atoms with van der Waals surface area (Å²) in [7, 11) is 0. The average molecular weight is 121 g/mol. The molecule has 1 unspecified atom stereocenters. The van der Waals surface area contributed by atoms with Crippen LogP contribution < -0.4 is 5.73 Å². The van der Waals surface area contributed by atoms with Gasteiger partial charge in [0.15, 0.2) is 0 Å². The predicted molar refractivity (Wildman–Crippen MR) is 31.8 cm³/mol. The van der Waals surface area contributed by atoms with Crippen molar-refractivity contribution < 1.29 is 0 Å². The van der Waals surface area contributed by atoms with E-state index in [1.165, 1.54) is 0 Å². The summed E-state index contributed by atoms with van der Waals surface area (Å²) < 4.78 is 0. The molecule has 0 aromatic rings. The first-order valence-electron chi connectivity index (χ1n) is 2.16. The molecule has 0 fully saturated rings. The summed E-state index contributed by atoms with van der Waals surface area (Å²) >= 11 is 5.45. The Bertz CT molecular complexity index is 72.1. The van der Waals surface area contributed by atoms with Crippen molar-refractivity contribution in [3.63, 3.8) is 0 Å². The normalized spacial score (nSPS) is 13.4. The average Bonchev–Trinajstić information content (AvgIpc) is 1.65. The third-order valence-electron chi connectivity index (χ3n) is 0.696. The van der Waals surface area contributed by atoms with Gasteiger partial charge in [0, 0.05) is 0 Å². The first kappa shape index (κ1) is 6.76. The Morgan fingerprint density at radius 2 is 2.43 bits per heavy atom. The van der Waals surface area contributed by atoms with Crippen LogP contribution >= 0.6 is 11.6 Å². The topological polar surface area (TPSA) is 49.9 Å². The van der Waals surface area contributed by atoms with E-state index in [2.05, 4.69) is 0 Å². The predicted octanol–water partition coefficient (Wildman–Crippen LogP) is 0.940. The van der Waals surface area contributed by atoms with Gasteiger partial charge in [-0.25, -0.2) is 0 Å². The molecule has 0 saturated heterocycles. The number of halogens is 1. The van der Waals surface area contributed by atoms with Gasteiger partial charge in [0.2, 0.25) is 0 Å². The van der Waals surface area contributed by atoms with Crippen molar-refractivity contribution in [2.75, 3.05) is 0 Å². The minimum atomic E-state index is -0.264. The number of alkyl halides is 1. The first-order valence-corrected chi connectivity index (χ1v) is 2.60. The van der Waals surface area contributed by atoms with Crippen molar-refractivity contribution in [1.29, 1.82) is 5.41 Å². The fraction of sp³-hybridized carbons (Fsp3) is 0.750. The maximum absolute atomic E-state index is 6.75. The lowest BCUT2D eigenvalue weighted by Crippen LogP contribution is -2.21. The number of rotatable bonds is 2. The minimum absolute atomic E-state index is 0.0594. The molecule has 2 nitrogen and oxygen atoms in total. The highest BCUT2D eigenvalue weighted by atomic mass is 35.5. The Hall–Kier alpha value is -0.240. The summed E-state index contributed by atoms with van der Waals surface area (Å²) in [6.45, 7) is 1.89. The van der Waals surface area contributed by atoms with Gasteiger partial charge in [-0.2, -0.15) is 0 Å². The monoisotopic (exact) mass is 120 g/mol. The lowest BCUT2D eigenvalue weighted by molar-refractivity contribution is 0.983. The van der Waals surface area contributed by atoms with Crippen LogP contribution in [0, 0.1) is 5.41 Å². The number of amidine groups is 1. The van der Waals surface area contributed by atoms with Crippen molar-refractivity contribution in [2.45, 2.75) is 18.7 Å². The van der Waals surface area contributed by atoms with Gasteiger partial charge in [-0.05, 0) is 6.42 Å². The molecule has 42 valence electrons. The van der Waals surface area contributed by atoms with Gasteiger partial charge in [-0.15, -0.1) is 11.6 Å². The highest BCUT2D eigenvalue weighted by Gasteiger charge is 2.01. The van der Waals surface area contributed by atoms with Crippen LogP contribution in [-0.4, -0.2) is 11.2 Å². The zero-order valence-corrected chi connectivity index (χ0v) is 5.00. The van der Waals surface area contributed by atoms with Crippen molar-refractivity contribution in [3.05, 3.63) is 0 Å². The fourth-order valence-electron chi connectivity index (χ4n) is 0.220.